The third-order valence-corrected chi connectivity index (χ3v) is 4.39. The van der Waals surface area contributed by atoms with Gasteiger partial charge in [0.1, 0.15) is 5.75 Å². The average Bonchev–Trinajstić information content (AvgIpc) is 2.52. The summed E-state index contributed by atoms with van der Waals surface area (Å²) in [5, 5.41) is 0. The molecule has 2 N–H and O–H groups in total. The zero-order valence-electron chi connectivity index (χ0n) is 12.7. The van der Waals surface area contributed by atoms with E-state index in [0.29, 0.717) is 19.3 Å². The summed E-state index contributed by atoms with van der Waals surface area (Å²) in [6.07, 6.45) is 6.84. The number of nitrogens with two attached hydrogens (primary N) is 1. The molecular formula is C17H27NO2. The summed E-state index contributed by atoms with van der Waals surface area (Å²) < 4.78 is 11.5. The van der Waals surface area contributed by atoms with Crippen LogP contribution in [0.15, 0.2) is 18.2 Å². The molecule has 2 rings (SSSR count). The van der Waals surface area contributed by atoms with Crippen molar-refractivity contribution in [3.05, 3.63) is 29.3 Å². The topological polar surface area (TPSA) is 44.5 Å². The lowest BCUT2D eigenvalue weighted by atomic mass is 9.85. The molecule has 0 radical (unpaired) electrons. The zero-order valence-corrected chi connectivity index (χ0v) is 12.7. The number of methoxy groups -OCH3 is 1. The largest absolute Gasteiger partial charge is 0.496 e. The molecule has 0 saturated heterocycles. The highest BCUT2D eigenvalue weighted by atomic mass is 16.5. The number of ether oxygens (including phenoxy) is 2. The number of rotatable bonds is 6. The summed E-state index contributed by atoms with van der Waals surface area (Å²) in [5.41, 5.74) is 7.99. The van der Waals surface area contributed by atoms with Gasteiger partial charge in [-0.1, -0.05) is 32.3 Å². The molecule has 0 aliphatic heterocycles. The third-order valence-electron chi connectivity index (χ3n) is 4.39. The normalized spacial score (nSPS) is 22.8. The molecule has 2 unspecified atom stereocenters. The second kappa shape index (κ2) is 7.65. The molecule has 3 nitrogen and oxygen atoms in total. The summed E-state index contributed by atoms with van der Waals surface area (Å²) in [5.74, 6) is 1.59. The molecule has 0 spiro atoms. The molecular weight excluding hydrogens is 250 g/mol. The fourth-order valence-electron chi connectivity index (χ4n) is 3.14. The van der Waals surface area contributed by atoms with Crippen molar-refractivity contribution in [2.75, 3.05) is 7.11 Å². The van der Waals surface area contributed by atoms with E-state index >= 15 is 0 Å². The predicted molar refractivity (Wildman–Crippen MR) is 81.7 cm³/mol. The van der Waals surface area contributed by atoms with Gasteiger partial charge in [-0.15, -0.1) is 0 Å². The molecule has 0 amide bonds. The van der Waals surface area contributed by atoms with E-state index in [1.165, 1.54) is 37.7 Å². The van der Waals surface area contributed by atoms with E-state index in [0.717, 1.165) is 17.2 Å². The van der Waals surface area contributed by atoms with Crippen LogP contribution in [0.2, 0.25) is 0 Å². The molecule has 1 aliphatic carbocycles. The van der Waals surface area contributed by atoms with Gasteiger partial charge >= 0.3 is 0 Å². The maximum absolute atomic E-state index is 6.16. The molecule has 0 heterocycles. The second-order valence-electron chi connectivity index (χ2n) is 5.65. The Kier molecular flexibility index (Phi) is 5.86. The standard InChI is InChI=1S/C17H27NO2/c1-3-14-6-4-5-7-17(14)20-12-13-8-9-16(19-2)15(10-13)11-18/h8-10,14,17H,3-7,11-12,18H2,1-2H3. The fourth-order valence-corrected chi connectivity index (χ4v) is 3.14. The smallest absolute Gasteiger partial charge is 0.123 e. The molecule has 2 atom stereocenters. The molecule has 1 aromatic rings. The van der Waals surface area contributed by atoms with Gasteiger partial charge in [0, 0.05) is 12.1 Å². The Morgan fingerprint density at radius 3 is 2.75 bits per heavy atom. The van der Waals surface area contributed by atoms with Gasteiger partial charge < -0.3 is 15.2 Å². The Labute approximate surface area is 122 Å². The number of benzene rings is 1. The van der Waals surface area contributed by atoms with Crippen molar-refractivity contribution >= 4 is 0 Å². The minimum Gasteiger partial charge on any atom is -0.496 e. The maximum atomic E-state index is 6.16. The first-order valence-corrected chi connectivity index (χ1v) is 7.76. The van der Waals surface area contributed by atoms with E-state index in [1.54, 1.807) is 7.11 Å². The Bertz CT molecular complexity index is 419. The van der Waals surface area contributed by atoms with E-state index in [4.69, 9.17) is 15.2 Å². The summed E-state index contributed by atoms with van der Waals surface area (Å²) >= 11 is 0. The number of hydrogen-bond acceptors (Lipinski definition) is 3. The highest BCUT2D eigenvalue weighted by Crippen LogP contribution is 2.30. The van der Waals surface area contributed by atoms with Crippen molar-refractivity contribution in [1.82, 2.24) is 0 Å². The molecule has 0 aromatic heterocycles. The van der Waals surface area contributed by atoms with Gasteiger partial charge in [-0.25, -0.2) is 0 Å². The quantitative estimate of drug-likeness (QED) is 0.863. The predicted octanol–water partition coefficient (Wildman–Crippen LogP) is 3.64. The molecule has 1 saturated carbocycles. The Morgan fingerprint density at radius 2 is 2.05 bits per heavy atom. The SMILES string of the molecule is CCC1CCCCC1OCc1ccc(OC)c(CN)c1. The van der Waals surface area contributed by atoms with Gasteiger partial charge in [-0.05, 0) is 36.5 Å². The lowest BCUT2D eigenvalue weighted by molar-refractivity contribution is -0.0222. The molecule has 1 fully saturated rings. The van der Waals surface area contributed by atoms with Crippen LogP contribution < -0.4 is 10.5 Å². The van der Waals surface area contributed by atoms with Crippen LogP contribution in [0.25, 0.3) is 0 Å². The third kappa shape index (κ3) is 3.74. The second-order valence-corrected chi connectivity index (χ2v) is 5.65. The van der Waals surface area contributed by atoms with Crippen LogP contribution in [-0.2, 0) is 17.9 Å². The van der Waals surface area contributed by atoms with Crippen LogP contribution in [0, 0.1) is 5.92 Å². The minimum absolute atomic E-state index is 0.428. The van der Waals surface area contributed by atoms with E-state index < -0.39 is 0 Å². The van der Waals surface area contributed by atoms with Crippen LogP contribution in [0.4, 0.5) is 0 Å². The van der Waals surface area contributed by atoms with Crippen molar-refractivity contribution in [1.29, 1.82) is 0 Å². The van der Waals surface area contributed by atoms with Crippen LogP contribution in [0.1, 0.15) is 50.2 Å². The van der Waals surface area contributed by atoms with Gasteiger partial charge in [0.15, 0.2) is 0 Å². The van der Waals surface area contributed by atoms with Crippen molar-refractivity contribution < 1.29 is 9.47 Å². The van der Waals surface area contributed by atoms with Gasteiger partial charge in [0.25, 0.3) is 0 Å². The summed E-state index contributed by atoms with van der Waals surface area (Å²) in [4.78, 5) is 0. The molecule has 1 aromatic carbocycles. The van der Waals surface area contributed by atoms with E-state index in [2.05, 4.69) is 19.1 Å². The summed E-state index contributed by atoms with van der Waals surface area (Å²) in [7, 11) is 1.68. The first-order chi connectivity index (χ1) is 9.78. The van der Waals surface area contributed by atoms with Gasteiger partial charge in [-0.2, -0.15) is 0 Å². The summed E-state index contributed by atoms with van der Waals surface area (Å²) in [6, 6.07) is 6.16. The van der Waals surface area contributed by atoms with Crippen LogP contribution >= 0.6 is 0 Å². The van der Waals surface area contributed by atoms with Crippen molar-refractivity contribution in [2.24, 2.45) is 11.7 Å². The Hall–Kier alpha value is -1.06. The van der Waals surface area contributed by atoms with E-state index in [9.17, 15) is 0 Å². The van der Waals surface area contributed by atoms with E-state index in [-0.39, 0.29) is 0 Å². The van der Waals surface area contributed by atoms with Crippen molar-refractivity contribution in [3.63, 3.8) is 0 Å². The van der Waals surface area contributed by atoms with Crippen molar-refractivity contribution in [3.8, 4) is 5.75 Å². The Morgan fingerprint density at radius 1 is 1.25 bits per heavy atom. The highest BCUT2D eigenvalue weighted by Gasteiger charge is 2.24. The van der Waals surface area contributed by atoms with Crippen LogP contribution in [0.5, 0.6) is 5.75 Å². The first kappa shape index (κ1) is 15.3. The molecule has 112 valence electrons. The van der Waals surface area contributed by atoms with Gasteiger partial charge in [0.05, 0.1) is 19.8 Å². The maximum Gasteiger partial charge on any atom is 0.123 e. The van der Waals surface area contributed by atoms with Gasteiger partial charge in [-0.3, -0.25) is 0 Å². The first-order valence-electron chi connectivity index (χ1n) is 7.76. The number of hydrogen-bond donors (Lipinski definition) is 1. The minimum atomic E-state index is 0.428. The van der Waals surface area contributed by atoms with E-state index in [1.807, 2.05) is 6.07 Å². The fraction of sp³-hybridized carbons (Fsp3) is 0.647. The average molecular weight is 277 g/mol. The molecule has 20 heavy (non-hydrogen) atoms. The molecule has 0 bridgehead atoms. The monoisotopic (exact) mass is 277 g/mol. The van der Waals surface area contributed by atoms with Crippen molar-refractivity contribution in [2.45, 2.75) is 58.3 Å². The molecule has 3 heteroatoms. The van der Waals surface area contributed by atoms with Crippen LogP contribution in [0.3, 0.4) is 0 Å². The lowest BCUT2D eigenvalue weighted by Crippen LogP contribution is -2.27. The lowest BCUT2D eigenvalue weighted by Gasteiger charge is -2.30. The highest BCUT2D eigenvalue weighted by molar-refractivity contribution is 5.36. The van der Waals surface area contributed by atoms with Crippen LogP contribution in [-0.4, -0.2) is 13.2 Å². The van der Waals surface area contributed by atoms with Gasteiger partial charge in [0.2, 0.25) is 0 Å². The summed E-state index contributed by atoms with van der Waals surface area (Å²) in [6.45, 7) is 3.45. The molecule has 1 aliphatic rings. The Balaban J connectivity index is 1.96. The zero-order chi connectivity index (χ0) is 14.4.